The molecule has 1 aromatic heterocycles. The second kappa shape index (κ2) is 9.17. The Morgan fingerprint density at radius 3 is 2.58 bits per heavy atom. The standard InChI is InChI=1S/C22H22FN3O3S2/c23-20-14-17(8-9-21(20)26-10-1-2-11-26)25-22(27)16-5-3-7-19(13-16)31(28,29)24-15-18-6-4-12-30-18/h3-9,12-14,24H,1-2,10-11,15H2,(H,25,27). The number of sulfonamides is 1. The van der Waals surface area contributed by atoms with Crippen LogP contribution in [0.4, 0.5) is 15.8 Å². The zero-order valence-electron chi connectivity index (χ0n) is 16.7. The molecule has 3 aromatic rings. The molecule has 1 saturated heterocycles. The number of carbonyl (C=O) groups is 1. The van der Waals surface area contributed by atoms with Gasteiger partial charge in [0.2, 0.25) is 10.0 Å². The Kier molecular flexibility index (Phi) is 6.35. The van der Waals surface area contributed by atoms with Crippen molar-refractivity contribution in [3.05, 3.63) is 76.2 Å². The smallest absolute Gasteiger partial charge is 0.255 e. The summed E-state index contributed by atoms with van der Waals surface area (Å²) in [7, 11) is -3.78. The van der Waals surface area contributed by atoms with Crippen LogP contribution in [0.3, 0.4) is 0 Å². The number of hydrogen-bond donors (Lipinski definition) is 2. The molecule has 2 heterocycles. The fourth-order valence-electron chi connectivity index (χ4n) is 3.47. The summed E-state index contributed by atoms with van der Waals surface area (Å²) in [6.07, 6.45) is 2.08. The summed E-state index contributed by atoms with van der Waals surface area (Å²) >= 11 is 1.45. The Bertz CT molecular complexity index is 1170. The Morgan fingerprint density at radius 1 is 1.06 bits per heavy atom. The summed E-state index contributed by atoms with van der Waals surface area (Å²) in [5.74, 6) is -0.905. The number of amides is 1. The van der Waals surface area contributed by atoms with Crippen LogP contribution in [0.5, 0.6) is 0 Å². The highest BCUT2D eigenvalue weighted by Crippen LogP contribution is 2.26. The predicted molar refractivity (Wildman–Crippen MR) is 121 cm³/mol. The fourth-order valence-corrected chi connectivity index (χ4v) is 5.26. The van der Waals surface area contributed by atoms with Gasteiger partial charge in [0.1, 0.15) is 5.82 Å². The van der Waals surface area contributed by atoms with E-state index in [1.807, 2.05) is 22.4 Å². The fraction of sp³-hybridized carbons (Fsp3) is 0.227. The van der Waals surface area contributed by atoms with Crippen molar-refractivity contribution >= 4 is 38.6 Å². The zero-order chi connectivity index (χ0) is 21.8. The highest BCUT2D eigenvalue weighted by atomic mass is 32.2. The second-order valence-electron chi connectivity index (χ2n) is 7.25. The Hall–Kier alpha value is -2.75. The SMILES string of the molecule is O=C(Nc1ccc(N2CCCC2)c(F)c1)c1cccc(S(=O)(=O)NCc2cccs2)c1. The molecule has 1 amide bonds. The summed E-state index contributed by atoms with van der Waals surface area (Å²) in [5, 5.41) is 4.51. The van der Waals surface area contributed by atoms with Crippen LogP contribution in [0.15, 0.2) is 64.9 Å². The minimum atomic E-state index is -3.78. The Labute approximate surface area is 184 Å². The number of nitrogens with zero attached hydrogens (tertiary/aromatic N) is 1. The van der Waals surface area contributed by atoms with E-state index in [1.165, 1.54) is 41.7 Å². The third-order valence-electron chi connectivity index (χ3n) is 5.08. The van der Waals surface area contributed by atoms with Gasteiger partial charge in [0.05, 0.1) is 10.6 Å². The maximum Gasteiger partial charge on any atom is 0.255 e. The lowest BCUT2D eigenvalue weighted by atomic mass is 10.2. The molecule has 0 radical (unpaired) electrons. The molecule has 1 aliphatic heterocycles. The van der Waals surface area contributed by atoms with Gasteiger partial charge < -0.3 is 10.2 Å². The van der Waals surface area contributed by atoms with E-state index >= 15 is 0 Å². The summed E-state index contributed by atoms with van der Waals surface area (Å²) in [4.78, 5) is 15.5. The van der Waals surface area contributed by atoms with E-state index in [0.717, 1.165) is 30.8 Å². The van der Waals surface area contributed by atoms with Crippen LogP contribution < -0.4 is 14.9 Å². The Balaban J connectivity index is 1.46. The molecule has 0 bridgehead atoms. The van der Waals surface area contributed by atoms with Crippen LogP contribution in [0.25, 0.3) is 0 Å². The predicted octanol–water partition coefficient (Wildman–Crippen LogP) is 4.22. The van der Waals surface area contributed by atoms with Crippen molar-refractivity contribution in [3.63, 3.8) is 0 Å². The van der Waals surface area contributed by atoms with E-state index in [-0.39, 0.29) is 17.0 Å². The average Bonchev–Trinajstić information content (AvgIpc) is 3.47. The molecule has 162 valence electrons. The van der Waals surface area contributed by atoms with Gasteiger partial charge in [-0.2, -0.15) is 0 Å². The molecular weight excluding hydrogens is 437 g/mol. The lowest BCUT2D eigenvalue weighted by Crippen LogP contribution is -2.23. The molecule has 1 fully saturated rings. The Morgan fingerprint density at radius 2 is 1.87 bits per heavy atom. The topological polar surface area (TPSA) is 78.5 Å². The van der Waals surface area contributed by atoms with Crippen molar-refractivity contribution < 1.29 is 17.6 Å². The number of hydrogen-bond acceptors (Lipinski definition) is 5. The minimum absolute atomic E-state index is 0.00716. The van der Waals surface area contributed by atoms with Crippen molar-refractivity contribution in [2.75, 3.05) is 23.3 Å². The third kappa shape index (κ3) is 5.12. The van der Waals surface area contributed by atoms with Gasteiger partial charge in [0.25, 0.3) is 5.91 Å². The molecule has 0 atom stereocenters. The van der Waals surface area contributed by atoms with Gasteiger partial charge in [0.15, 0.2) is 0 Å². The van der Waals surface area contributed by atoms with Gasteiger partial charge in [-0.05, 0) is 60.7 Å². The van der Waals surface area contributed by atoms with Gasteiger partial charge in [-0.15, -0.1) is 11.3 Å². The quantitative estimate of drug-likeness (QED) is 0.555. The first-order valence-electron chi connectivity index (χ1n) is 9.90. The van der Waals surface area contributed by atoms with E-state index in [9.17, 15) is 17.6 Å². The van der Waals surface area contributed by atoms with E-state index in [0.29, 0.717) is 11.4 Å². The molecular formula is C22H22FN3O3S2. The summed E-state index contributed by atoms with van der Waals surface area (Å²) in [6, 6.07) is 14.0. The van der Waals surface area contributed by atoms with E-state index < -0.39 is 21.7 Å². The van der Waals surface area contributed by atoms with Gasteiger partial charge in [-0.25, -0.2) is 17.5 Å². The molecule has 2 N–H and O–H groups in total. The lowest BCUT2D eigenvalue weighted by molar-refractivity contribution is 0.102. The van der Waals surface area contributed by atoms with Gasteiger partial charge >= 0.3 is 0 Å². The van der Waals surface area contributed by atoms with E-state index in [4.69, 9.17) is 0 Å². The van der Waals surface area contributed by atoms with Crippen LogP contribution in [0, 0.1) is 5.82 Å². The van der Waals surface area contributed by atoms with E-state index in [2.05, 4.69) is 10.0 Å². The van der Waals surface area contributed by atoms with Crippen molar-refractivity contribution in [3.8, 4) is 0 Å². The van der Waals surface area contributed by atoms with Crippen molar-refractivity contribution in [2.45, 2.75) is 24.3 Å². The largest absolute Gasteiger partial charge is 0.369 e. The molecule has 2 aromatic carbocycles. The molecule has 0 aliphatic carbocycles. The van der Waals surface area contributed by atoms with Gasteiger partial charge in [-0.3, -0.25) is 4.79 Å². The maximum absolute atomic E-state index is 14.5. The van der Waals surface area contributed by atoms with Crippen LogP contribution in [-0.4, -0.2) is 27.4 Å². The summed E-state index contributed by atoms with van der Waals surface area (Å²) < 4.78 is 42.2. The third-order valence-corrected chi connectivity index (χ3v) is 7.35. The number of thiophene rings is 1. The molecule has 0 saturated carbocycles. The second-order valence-corrected chi connectivity index (χ2v) is 10.0. The highest BCUT2D eigenvalue weighted by molar-refractivity contribution is 7.89. The minimum Gasteiger partial charge on any atom is -0.369 e. The number of nitrogens with one attached hydrogen (secondary N) is 2. The van der Waals surface area contributed by atoms with Crippen molar-refractivity contribution in [1.82, 2.24) is 4.72 Å². The maximum atomic E-state index is 14.5. The first-order valence-corrected chi connectivity index (χ1v) is 12.3. The van der Waals surface area contributed by atoms with Crippen molar-refractivity contribution in [1.29, 1.82) is 0 Å². The molecule has 9 heteroatoms. The zero-order valence-corrected chi connectivity index (χ0v) is 18.3. The van der Waals surface area contributed by atoms with Crippen LogP contribution >= 0.6 is 11.3 Å². The average molecular weight is 460 g/mol. The van der Waals surface area contributed by atoms with Crippen LogP contribution in [0.1, 0.15) is 28.1 Å². The normalized spacial score (nSPS) is 14.0. The van der Waals surface area contributed by atoms with Gasteiger partial charge in [0, 0.05) is 35.8 Å². The first-order chi connectivity index (χ1) is 14.9. The highest BCUT2D eigenvalue weighted by Gasteiger charge is 2.18. The van der Waals surface area contributed by atoms with Crippen LogP contribution in [0.2, 0.25) is 0 Å². The molecule has 0 unspecified atom stereocenters. The molecule has 31 heavy (non-hydrogen) atoms. The number of rotatable bonds is 7. The molecule has 0 spiro atoms. The van der Waals surface area contributed by atoms with E-state index in [1.54, 1.807) is 12.1 Å². The lowest BCUT2D eigenvalue weighted by Gasteiger charge is -2.19. The number of anilines is 2. The monoisotopic (exact) mass is 459 g/mol. The summed E-state index contributed by atoms with van der Waals surface area (Å²) in [6.45, 7) is 1.83. The number of benzene rings is 2. The first kappa shape index (κ1) is 21.5. The molecule has 6 nitrogen and oxygen atoms in total. The molecule has 1 aliphatic rings. The number of halogens is 1. The summed E-state index contributed by atoms with van der Waals surface area (Å²) in [5.41, 5.74) is 1.01. The van der Waals surface area contributed by atoms with Crippen LogP contribution in [-0.2, 0) is 16.6 Å². The van der Waals surface area contributed by atoms with Gasteiger partial charge in [-0.1, -0.05) is 12.1 Å². The number of carbonyl (C=O) groups excluding carboxylic acids is 1. The van der Waals surface area contributed by atoms with Crippen molar-refractivity contribution in [2.24, 2.45) is 0 Å². The molecule has 4 rings (SSSR count).